The van der Waals surface area contributed by atoms with Gasteiger partial charge in [-0.25, -0.2) is 0 Å². The molecule has 2 aliphatic rings. The zero-order valence-electron chi connectivity index (χ0n) is 7.63. The maximum absolute atomic E-state index is 9.26. The van der Waals surface area contributed by atoms with Gasteiger partial charge in [-0.2, -0.15) is 0 Å². The van der Waals surface area contributed by atoms with Crippen LogP contribution in [0.5, 0.6) is 0 Å². The molecule has 2 atom stereocenters. The summed E-state index contributed by atoms with van der Waals surface area (Å²) in [6.07, 6.45) is 5.35. The van der Waals surface area contributed by atoms with Crippen molar-refractivity contribution in [2.24, 2.45) is 17.8 Å². The van der Waals surface area contributed by atoms with Gasteiger partial charge in [0.05, 0.1) is 0 Å². The van der Waals surface area contributed by atoms with E-state index in [1.165, 1.54) is 32.2 Å². The maximum atomic E-state index is 9.26. The number of rotatable bonds is 3. The van der Waals surface area contributed by atoms with E-state index in [9.17, 15) is 5.11 Å². The van der Waals surface area contributed by atoms with Gasteiger partial charge in [-0.1, -0.05) is 0 Å². The molecule has 0 bridgehead atoms. The fourth-order valence-corrected chi connectivity index (χ4v) is 2.45. The van der Waals surface area contributed by atoms with Crippen molar-refractivity contribution >= 4 is 0 Å². The van der Waals surface area contributed by atoms with Gasteiger partial charge in [0.15, 0.2) is 0 Å². The van der Waals surface area contributed by atoms with Crippen LogP contribution in [-0.4, -0.2) is 24.8 Å². The molecule has 1 aliphatic carbocycles. The Morgan fingerprint density at radius 2 is 2.08 bits per heavy atom. The van der Waals surface area contributed by atoms with Crippen molar-refractivity contribution in [3.05, 3.63) is 0 Å². The molecule has 2 heteroatoms. The van der Waals surface area contributed by atoms with Crippen molar-refractivity contribution < 1.29 is 5.11 Å². The molecule has 2 fully saturated rings. The maximum Gasteiger partial charge on any atom is 0.0465 e. The Balaban J connectivity index is 1.85. The molecule has 0 aromatic rings. The topological polar surface area (TPSA) is 32.3 Å². The molecule has 2 unspecified atom stereocenters. The highest BCUT2D eigenvalue weighted by Gasteiger charge is 2.36. The highest BCUT2D eigenvalue weighted by Crippen LogP contribution is 2.41. The van der Waals surface area contributed by atoms with Gasteiger partial charge in [0.2, 0.25) is 0 Å². The molecule has 12 heavy (non-hydrogen) atoms. The van der Waals surface area contributed by atoms with Gasteiger partial charge in [0, 0.05) is 6.61 Å². The average Bonchev–Trinajstić information content (AvgIpc) is 2.92. The van der Waals surface area contributed by atoms with Gasteiger partial charge in [0.25, 0.3) is 0 Å². The third-order valence-corrected chi connectivity index (χ3v) is 3.38. The highest BCUT2D eigenvalue weighted by atomic mass is 16.3. The van der Waals surface area contributed by atoms with Crippen molar-refractivity contribution in [2.75, 3.05) is 19.7 Å². The van der Waals surface area contributed by atoms with Gasteiger partial charge in [0.1, 0.15) is 0 Å². The summed E-state index contributed by atoms with van der Waals surface area (Å²) < 4.78 is 0. The van der Waals surface area contributed by atoms with E-state index in [2.05, 4.69) is 5.32 Å². The largest absolute Gasteiger partial charge is 0.396 e. The summed E-state index contributed by atoms with van der Waals surface area (Å²) >= 11 is 0. The summed E-state index contributed by atoms with van der Waals surface area (Å²) in [4.78, 5) is 0. The molecule has 1 saturated carbocycles. The number of hydrogen-bond acceptors (Lipinski definition) is 2. The van der Waals surface area contributed by atoms with Gasteiger partial charge in [-0.05, 0) is 56.5 Å². The number of aliphatic hydroxyl groups excluding tert-OH is 1. The van der Waals surface area contributed by atoms with Gasteiger partial charge in [-0.15, -0.1) is 0 Å². The number of nitrogens with one attached hydrogen (secondary N) is 1. The first-order valence-electron chi connectivity index (χ1n) is 5.23. The summed E-state index contributed by atoms with van der Waals surface area (Å²) in [5.74, 6) is 2.23. The highest BCUT2D eigenvalue weighted by molar-refractivity contribution is 4.87. The Hall–Kier alpha value is -0.0800. The van der Waals surface area contributed by atoms with Crippen molar-refractivity contribution in [1.29, 1.82) is 0 Å². The van der Waals surface area contributed by atoms with Crippen LogP contribution in [-0.2, 0) is 0 Å². The van der Waals surface area contributed by atoms with Crippen LogP contribution in [0.25, 0.3) is 0 Å². The first-order valence-corrected chi connectivity index (χ1v) is 5.23. The first kappa shape index (κ1) is 8.52. The third-order valence-electron chi connectivity index (χ3n) is 3.38. The Morgan fingerprint density at radius 3 is 2.58 bits per heavy atom. The molecule has 1 aliphatic heterocycles. The van der Waals surface area contributed by atoms with Crippen LogP contribution in [0.1, 0.15) is 25.7 Å². The van der Waals surface area contributed by atoms with E-state index in [1.54, 1.807) is 0 Å². The van der Waals surface area contributed by atoms with Crippen molar-refractivity contribution in [2.45, 2.75) is 25.7 Å². The van der Waals surface area contributed by atoms with Crippen LogP contribution < -0.4 is 5.32 Å². The molecule has 1 saturated heterocycles. The van der Waals surface area contributed by atoms with E-state index in [-0.39, 0.29) is 0 Å². The van der Waals surface area contributed by atoms with Crippen molar-refractivity contribution in [1.82, 2.24) is 5.32 Å². The molecule has 2 nitrogen and oxygen atoms in total. The normalized spacial score (nSPS) is 33.2. The monoisotopic (exact) mass is 169 g/mol. The lowest BCUT2D eigenvalue weighted by Gasteiger charge is -2.29. The summed E-state index contributed by atoms with van der Waals surface area (Å²) in [6, 6.07) is 0. The molecule has 2 rings (SSSR count). The Labute approximate surface area is 74.4 Å². The second-order valence-corrected chi connectivity index (χ2v) is 4.29. The molecular weight excluding hydrogens is 150 g/mol. The van der Waals surface area contributed by atoms with Crippen LogP contribution in [0, 0.1) is 17.8 Å². The fraction of sp³-hybridized carbons (Fsp3) is 1.00. The van der Waals surface area contributed by atoms with E-state index in [0.717, 1.165) is 18.4 Å². The minimum absolute atomic E-state index is 0.414. The zero-order valence-corrected chi connectivity index (χ0v) is 7.63. The number of piperidine rings is 1. The molecular formula is C10H19NO. The lowest BCUT2D eigenvalue weighted by Crippen LogP contribution is -2.36. The lowest BCUT2D eigenvalue weighted by atomic mass is 9.83. The van der Waals surface area contributed by atoms with E-state index >= 15 is 0 Å². The summed E-state index contributed by atoms with van der Waals surface area (Å²) in [6.45, 7) is 2.73. The Morgan fingerprint density at radius 1 is 1.25 bits per heavy atom. The van der Waals surface area contributed by atoms with E-state index < -0.39 is 0 Å². The predicted octanol–water partition coefficient (Wildman–Crippen LogP) is 1.00. The van der Waals surface area contributed by atoms with Gasteiger partial charge < -0.3 is 10.4 Å². The van der Waals surface area contributed by atoms with Gasteiger partial charge >= 0.3 is 0 Å². The number of hydrogen-bond donors (Lipinski definition) is 2. The van der Waals surface area contributed by atoms with E-state index in [1.807, 2.05) is 0 Å². The van der Waals surface area contributed by atoms with E-state index in [0.29, 0.717) is 12.5 Å². The fourth-order valence-electron chi connectivity index (χ4n) is 2.45. The van der Waals surface area contributed by atoms with Crippen LogP contribution >= 0.6 is 0 Å². The Bertz CT molecular complexity index is 139. The van der Waals surface area contributed by atoms with Gasteiger partial charge in [-0.3, -0.25) is 0 Å². The van der Waals surface area contributed by atoms with Crippen molar-refractivity contribution in [3.8, 4) is 0 Å². The lowest BCUT2D eigenvalue weighted by molar-refractivity contribution is 0.137. The third kappa shape index (κ3) is 1.80. The molecule has 2 N–H and O–H groups in total. The second kappa shape index (κ2) is 3.75. The van der Waals surface area contributed by atoms with Crippen LogP contribution in [0.15, 0.2) is 0 Å². The van der Waals surface area contributed by atoms with Crippen molar-refractivity contribution in [3.63, 3.8) is 0 Å². The quantitative estimate of drug-likeness (QED) is 0.660. The minimum atomic E-state index is 0.414. The zero-order chi connectivity index (χ0) is 8.39. The standard InChI is InChI=1S/C10H19NO/c12-7-10(8-3-4-8)9-2-1-5-11-6-9/h8-12H,1-7H2. The smallest absolute Gasteiger partial charge is 0.0465 e. The molecule has 0 aromatic heterocycles. The molecule has 70 valence electrons. The summed E-state index contributed by atoms with van der Waals surface area (Å²) in [7, 11) is 0. The molecule has 0 radical (unpaired) electrons. The minimum Gasteiger partial charge on any atom is -0.396 e. The predicted molar refractivity (Wildman–Crippen MR) is 48.9 cm³/mol. The molecule has 1 heterocycles. The Kier molecular flexibility index (Phi) is 2.66. The SMILES string of the molecule is OCC(C1CC1)C1CCCNC1. The number of aliphatic hydroxyl groups is 1. The van der Waals surface area contributed by atoms with Crippen LogP contribution in [0.4, 0.5) is 0 Å². The van der Waals surface area contributed by atoms with Crippen LogP contribution in [0.2, 0.25) is 0 Å². The summed E-state index contributed by atoms with van der Waals surface area (Å²) in [5.41, 5.74) is 0. The first-order chi connectivity index (χ1) is 5.92. The average molecular weight is 169 g/mol. The molecule has 0 amide bonds. The second-order valence-electron chi connectivity index (χ2n) is 4.29. The van der Waals surface area contributed by atoms with E-state index in [4.69, 9.17) is 0 Å². The molecule has 0 spiro atoms. The molecule has 0 aromatic carbocycles. The van der Waals surface area contributed by atoms with Crippen LogP contribution in [0.3, 0.4) is 0 Å². The summed E-state index contributed by atoms with van der Waals surface area (Å²) in [5, 5.41) is 12.7.